The van der Waals surface area contributed by atoms with Crippen LogP contribution in [0.3, 0.4) is 0 Å². The third kappa shape index (κ3) is 4.37. The Kier molecular flexibility index (Phi) is 5.46. The molecule has 6 nitrogen and oxygen atoms in total. The zero-order valence-electron chi connectivity index (χ0n) is 11.9. The first-order valence-corrected chi connectivity index (χ1v) is 7.59. The topological polar surface area (TPSA) is 84.6 Å². The number of anilines is 1. The quantitative estimate of drug-likeness (QED) is 0.461. The summed E-state index contributed by atoms with van der Waals surface area (Å²) in [5.41, 5.74) is 1.11. The van der Waals surface area contributed by atoms with Crippen molar-refractivity contribution in [1.82, 2.24) is 0 Å². The Hall–Kier alpha value is -2.25. The molecule has 0 fully saturated rings. The summed E-state index contributed by atoms with van der Waals surface area (Å²) in [6.07, 6.45) is 1.36. The van der Waals surface area contributed by atoms with Gasteiger partial charge >= 0.3 is 0 Å². The number of amides is 1. The van der Waals surface area contributed by atoms with Crippen molar-refractivity contribution < 1.29 is 9.72 Å². The summed E-state index contributed by atoms with van der Waals surface area (Å²) in [7, 11) is 0. The smallest absolute Gasteiger partial charge is 0.279 e. The Morgan fingerprint density at radius 1 is 1.39 bits per heavy atom. The normalized spacial score (nSPS) is 10.7. The predicted molar refractivity (Wildman–Crippen MR) is 93.8 cm³/mol. The van der Waals surface area contributed by atoms with Crippen LogP contribution in [0, 0.1) is 10.1 Å². The summed E-state index contributed by atoms with van der Waals surface area (Å²) in [6, 6.07) is 9.44. The van der Waals surface area contributed by atoms with E-state index in [2.05, 4.69) is 26.2 Å². The van der Waals surface area contributed by atoms with Gasteiger partial charge in [-0.05, 0) is 40.2 Å². The fourth-order valence-electron chi connectivity index (χ4n) is 1.85. The zero-order chi connectivity index (χ0) is 17.0. The van der Waals surface area contributed by atoms with Crippen LogP contribution in [0.4, 0.5) is 17.1 Å². The summed E-state index contributed by atoms with van der Waals surface area (Å²) < 4.78 is 0.540. The van der Waals surface area contributed by atoms with Crippen molar-refractivity contribution in [2.45, 2.75) is 6.92 Å². The number of rotatable bonds is 4. The van der Waals surface area contributed by atoms with Crippen LogP contribution in [0.25, 0.3) is 0 Å². The van der Waals surface area contributed by atoms with E-state index in [1.807, 2.05) is 0 Å². The van der Waals surface area contributed by atoms with Crippen molar-refractivity contribution in [2.24, 2.45) is 4.99 Å². The van der Waals surface area contributed by atoms with Gasteiger partial charge in [0, 0.05) is 28.7 Å². The number of aliphatic imine (C=N–C) groups is 1. The molecule has 23 heavy (non-hydrogen) atoms. The second kappa shape index (κ2) is 7.34. The van der Waals surface area contributed by atoms with E-state index >= 15 is 0 Å². The first-order valence-electron chi connectivity index (χ1n) is 6.42. The molecule has 1 N–H and O–H groups in total. The molecule has 0 radical (unpaired) electrons. The first-order chi connectivity index (χ1) is 10.9. The number of nitro benzene ring substituents is 1. The minimum atomic E-state index is -0.487. The van der Waals surface area contributed by atoms with Crippen LogP contribution in [0.2, 0.25) is 5.02 Å². The Morgan fingerprint density at radius 2 is 2.13 bits per heavy atom. The molecule has 0 bridgehead atoms. The third-order valence-electron chi connectivity index (χ3n) is 2.83. The van der Waals surface area contributed by atoms with Gasteiger partial charge in [0.2, 0.25) is 5.91 Å². The highest BCUT2D eigenvalue weighted by molar-refractivity contribution is 9.10. The molecule has 0 heterocycles. The lowest BCUT2D eigenvalue weighted by atomic mass is 10.2. The van der Waals surface area contributed by atoms with Crippen LogP contribution < -0.4 is 5.32 Å². The standard InChI is InChI=1S/C15H11BrClN3O3/c1-9(21)19-13-6-5-10(17)7-14(13)18-8-11-12(16)3-2-4-15(11)20(22)23/h2-8H,1H3,(H,19,21). The van der Waals surface area contributed by atoms with Gasteiger partial charge in [0.15, 0.2) is 0 Å². The van der Waals surface area contributed by atoms with Crippen molar-refractivity contribution in [1.29, 1.82) is 0 Å². The molecule has 8 heteroatoms. The Bertz CT molecular complexity index is 809. The molecule has 0 saturated heterocycles. The summed E-state index contributed by atoms with van der Waals surface area (Å²) in [4.78, 5) is 26.1. The minimum absolute atomic E-state index is 0.0776. The first kappa shape index (κ1) is 17.1. The van der Waals surface area contributed by atoms with Crippen LogP contribution in [-0.4, -0.2) is 17.0 Å². The number of nitrogens with one attached hydrogen (secondary N) is 1. The number of hydrogen-bond acceptors (Lipinski definition) is 4. The van der Waals surface area contributed by atoms with E-state index in [1.54, 1.807) is 30.3 Å². The maximum atomic E-state index is 11.2. The number of benzene rings is 2. The van der Waals surface area contributed by atoms with Gasteiger partial charge in [-0.2, -0.15) is 0 Å². The van der Waals surface area contributed by atoms with Gasteiger partial charge < -0.3 is 5.32 Å². The molecule has 2 aromatic carbocycles. The predicted octanol–water partition coefficient (Wildman–Crippen LogP) is 4.72. The van der Waals surface area contributed by atoms with Gasteiger partial charge in [-0.25, -0.2) is 0 Å². The van der Waals surface area contributed by atoms with Gasteiger partial charge in [0.25, 0.3) is 5.69 Å². The molecule has 0 unspecified atom stereocenters. The molecule has 0 aliphatic rings. The maximum absolute atomic E-state index is 11.2. The molecule has 1 amide bonds. The van der Waals surface area contributed by atoms with Gasteiger partial charge in [-0.15, -0.1) is 0 Å². The average molecular weight is 397 g/mol. The lowest BCUT2D eigenvalue weighted by molar-refractivity contribution is -0.385. The van der Waals surface area contributed by atoms with Gasteiger partial charge in [-0.3, -0.25) is 19.9 Å². The van der Waals surface area contributed by atoms with Gasteiger partial charge in [-0.1, -0.05) is 17.7 Å². The van der Waals surface area contributed by atoms with E-state index in [1.165, 1.54) is 19.2 Å². The van der Waals surface area contributed by atoms with Gasteiger partial charge in [0.1, 0.15) is 0 Å². The van der Waals surface area contributed by atoms with E-state index in [0.717, 1.165) is 0 Å². The second-order valence-electron chi connectivity index (χ2n) is 4.53. The molecule has 118 valence electrons. The Labute approximate surface area is 145 Å². The highest BCUT2D eigenvalue weighted by atomic mass is 79.9. The van der Waals surface area contributed by atoms with E-state index in [4.69, 9.17) is 11.6 Å². The number of carbonyl (C=O) groups is 1. The van der Waals surface area contributed by atoms with Crippen LogP contribution in [0.5, 0.6) is 0 Å². The number of hydrogen-bond donors (Lipinski definition) is 1. The number of halogens is 2. The van der Waals surface area contributed by atoms with Crippen LogP contribution in [0.15, 0.2) is 45.9 Å². The molecular weight excluding hydrogens is 386 g/mol. The maximum Gasteiger partial charge on any atom is 0.279 e. The molecule has 2 aromatic rings. The van der Waals surface area contributed by atoms with E-state index in [-0.39, 0.29) is 11.6 Å². The van der Waals surface area contributed by atoms with Gasteiger partial charge in [0.05, 0.1) is 21.9 Å². The van der Waals surface area contributed by atoms with Crippen molar-refractivity contribution >= 4 is 56.7 Å². The van der Waals surface area contributed by atoms with E-state index in [9.17, 15) is 14.9 Å². The molecule has 0 saturated carbocycles. The molecule has 0 aliphatic carbocycles. The van der Waals surface area contributed by atoms with E-state index < -0.39 is 4.92 Å². The van der Waals surface area contributed by atoms with E-state index in [0.29, 0.717) is 26.4 Å². The Balaban J connectivity index is 2.47. The van der Waals surface area contributed by atoms with Crippen LogP contribution >= 0.6 is 27.5 Å². The fraction of sp³-hybridized carbons (Fsp3) is 0.0667. The van der Waals surface area contributed by atoms with Crippen molar-refractivity contribution in [3.63, 3.8) is 0 Å². The summed E-state index contributed by atoms with van der Waals surface area (Å²) in [6.45, 7) is 1.38. The summed E-state index contributed by atoms with van der Waals surface area (Å²) in [5, 5.41) is 14.2. The lowest BCUT2D eigenvalue weighted by Gasteiger charge is -2.07. The molecule has 0 aliphatic heterocycles. The number of nitrogens with zero attached hydrogens (tertiary/aromatic N) is 2. The number of carbonyl (C=O) groups excluding carboxylic acids is 1. The average Bonchev–Trinajstić information content (AvgIpc) is 2.47. The van der Waals surface area contributed by atoms with Crippen LogP contribution in [0.1, 0.15) is 12.5 Å². The fourth-order valence-corrected chi connectivity index (χ4v) is 2.48. The highest BCUT2D eigenvalue weighted by Crippen LogP contribution is 2.30. The summed E-state index contributed by atoms with van der Waals surface area (Å²) >= 11 is 9.21. The lowest BCUT2D eigenvalue weighted by Crippen LogP contribution is -2.05. The summed E-state index contributed by atoms with van der Waals surface area (Å²) in [5.74, 6) is -0.254. The molecule has 0 atom stereocenters. The third-order valence-corrected chi connectivity index (χ3v) is 3.76. The molecule has 2 rings (SSSR count). The Morgan fingerprint density at radius 3 is 2.78 bits per heavy atom. The van der Waals surface area contributed by atoms with Crippen molar-refractivity contribution in [3.05, 3.63) is 61.6 Å². The second-order valence-corrected chi connectivity index (χ2v) is 5.82. The highest BCUT2D eigenvalue weighted by Gasteiger charge is 2.14. The largest absolute Gasteiger partial charge is 0.324 e. The monoisotopic (exact) mass is 395 g/mol. The number of nitro groups is 1. The zero-order valence-corrected chi connectivity index (χ0v) is 14.3. The molecule has 0 aromatic heterocycles. The minimum Gasteiger partial charge on any atom is -0.324 e. The van der Waals surface area contributed by atoms with Crippen molar-refractivity contribution in [3.8, 4) is 0 Å². The SMILES string of the molecule is CC(=O)Nc1ccc(Cl)cc1N=Cc1c(Br)cccc1[N+](=O)[O-]. The molecular formula is C15H11BrClN3O3. The van der Waals surface area contributed by atoms with Crippen LogP contribution in [-0.2, 0) is 4.79 Å². The van der Waals surface area contributed by atoms with Crippen molar-refractivity contribution in [2.75, 3.05) is 5.32 Å². The molecule has 0 spiro atoms.